The summed E-state index contributed by atoms with van der Waals surface area (Å²) in [6.07, 6.45) is 0.514. The highest BCUT2D eigenvalue weighted by Crippen LogP contribution is 2.27. The maximum Gasteiger partial charge on any atom is 0.213 e. The molecule has 0 aliphatic carbocycles. The molecule has 0 saturated carbocycles. The summed E-state index contributed by atoms with van der Waals surface area (Å²) in [5, 5.41) is 2.32. The molecule has 0 radical (unpaired) electrons. The summed E-state index contributed by atoms with van der Waals surface area (Å²) in [5.41, 5.74) is 0. The van der Waals surface area contributed by atoms with Crippen molar-refractivity contribution in [3.05, 3.63) is 17.9 Å². The molecule has 11 heavy (non-hydrogen) atoms. The van der Waals surface area contributed by atoms with Crippen LogP contribution in [0.15, 0.2) is 16.5 Å². The summed E-state index contributed by atoms with van der Waals surface area (Å²) in [7, 11) is 0. The number of hydrogen-bond donors (Lipinski definition) is 1. The number of carbonyl (C=O) groups is 1. The van der Waals surface area contributed by atoms with Gasteiger partial charge in [0.1, 0.15) is 5.76 Å². The minimum absolute atomic E-state index is 0.335. The fourth-order valence-electron chi connectivity index (χ4n) is 0.606. The van der Waals surface area contributed by atoms with Gasteiger partial charge in [-0.2, -0.15) is 0 Å². The Balaban J connectivity index is 2.73. The van der Waals surface area contributed by atoms with E-state index in [0.29, 0.717) is 18.1 Å². The maximum absolute atomic E-state index is 9.92. The molecule has 0 saturated heterocycles. The lowest BCUT2D eigenvalue weighted by Gasteiger charge is -1.93. The largest absolute Gasteiger partial charge is 0.442 e. The number of rotatable bonds is 3. The van der Waals surface area contributed by atoms with Gasteiger partial charge in [-0.3, -0.25) is 10.1 Å². The Kier molecular flexibility index (Phi) is 2.79. The first-order valence-corrected chi connectivity index (χ1v) is 3.69. The highest BCUT2D eigenvalue weighted by molar-refractivity contribution is 6.43. The van der Waals surface area contributed by atoms with Crippen LogP contribution in [-0.2, 0) is 4.79 Å². The molecule has 0 spiro atoms. The second-order valence-corrected chi connectivity index (χ2v) is 2.86. The van der Waals surface area contributed by atoms with Gasteiger partial charge in [-0.05, 0) is 6.07 Å². The van der Waals surface area contributed by atoms with Crippen molar-refractivity contribution in [1.82, 2.24) is 0 Å². The van der Waals surface area contributed by atoms with Gasteiger partial charge in [-0.1, -0.05) is 23.2 Å². The van der Waals surface area contributed by atoms with Crippen LogP contribution in [0.2, 0.25) is 0 Å². The highest BCUT2D eigenvalue weighted by atomic mass is 35.5. The number of amides is 1. The Morgan fingerprint density at radius 1 is 1.55 bits per heavy atom. The zero-order valence-corrected chi connectivity index (χ0v) is 6.89. The van der Waals surface area contributed by atoms with Gasteiger partial charge in [-0.25, -0.2) is 0 Å². The molecule has 1 aromatic heterocycles. The Labute approximate surface area is 73.3 Å². The maximum atomic E-state index is 9.92. The molecule has 3 nitrogen and oxygen atoms in total. The van der Waals surface area contributed by atoms with E-state index in [2.05, 4.69) is 5.32 Å². The van der Waals surface area contributed by atoms with E-state index in [4.69, 9.17) is 27.6 Å². The molecule has 0 aliphatic heterocycles. The lowest BCUT2D eigenvalue weighted by Crippen LogP contribution is -1.90. The van der Waals surface area contributed by atoms with Crippen LogP contribution < -0.4 is 5.32 Å². The number of carbonyl (C=O) groups excluding carboxylic acids is 1. The van der Waals surface area contributed by atoms with Crippen LogP contribution in [0.3, 0.4) is 0 Å². The van der Waals surface area contributed by atoms with Gasteiger partial charge < -0.3 is 4.42 Å². The van der Waals surface area contributed by atoms with Crippen LogP contribution >= 0.6 is 23.2 Å². The number of alkyl halides is 2. The molecule has 0 aromatic carbocycles. The third-order valence-corrected chi connectivity index (χ3v) is 1.47. The van der Waals surface area contributed by atoms with Gasteiger partial charge >= 0.3 is 0 Å². The summed E-state index contributed by atoms with van der Waals surface area (Å²) in [6, 6.07) is 3.16. The van der Waals surface area contributed by atoms with Crippen molar-refractivity contribution in [3.63, 3.8) is 0 Å². The average molecular weight is 194 g/mol. The molecule has 1 amide bonds. The van der Waals surface area contributed by atoms with Gasteiger partial charge in [0.05, 0.1) is 0 Å². The predicted molar refractivity (Wildman–Crippen MR) is 42.8 cm³/mol. The van der Waals surface area contributed by atoms with Crippen molar-refractivity contribution in [2.24, 2.45) is 0 Å². The van der Waals surface area contributed by atoms with Crippen LogP contribution in [0.1, 0.15) is 10.6 Å². The van der Waals surface area contributed by atoms with Crippen molar-refractivity contribution in [2.45, 2.75) is 4.84 Å². The van der Waals surface area contributed by atoms with Crippen molar-refractivity contribution < 1.29 is 9.21 Å². The van der Waals surface area contributed by atoms with Gasteiger partial charge in [0.15, 0.2) is 10.7 Å². The van der Waals surface area contributed by atoms with E-state index < -0.39 is 4.84 Å². The summed E-state index contributed by atoms with van der Waals surface area (Å²) >= 11 is 10.9. The molecule has 1 aromatic rings. The van der Waals surface area contributed by atoms with E-state index in [9.17, 15) is 4.79 Å². The minimum atomic E-state index is -0.697. The van der Waals surface area contributed by atoms with Gasteiger partial charge in [0.2, 0.25) is 6.41 Å². The summed E-state index contributed by atoms with van der Waals surface area (Å²) in [4.78, 5) is 9.22. The Morgan fingerprint density at radius 3 is 2.73 bits per heavy atom. The molecule has 0 fully saturated rings. The molecule has 60 valence electrons. The Bertz CT molecular complexity index is 246. The van der Waals surface area contributed by atoms with E-state index in [1.54, 1.807) is 12.1 Å². The lowest BCUT2D eigenvalue weighted by atomic mass is 10.5. The number of hydrogen-bond acceptors (Lipinski definition) is 2. The van der Waals surface area contributed by atoms with E-state index in [0.717, 1.165) is 0 Å². The predicted octanol–water partition coefficient (Wildman–Crippen LogP) is 2.32. The van der Waals surface area contributed by atoms with Crippen LogP contribution in [0.4, 0.5) is 5.88 Å². The fraction of sp³-hybridized carbons (Fsp3) is 0.167. The third-order valence-electron chi connectivity index (χ3n) is 1.04. The minimum Gasteiger partial charge on any atom is -0.442 e. The Hall–Kier alpha value is -0.670. The first-order chi connectivity index (χ1) is 5.24. The zero-order valence-electron chi connectivity index (χ0n) is 5.38. The second kappa shape index (κ2) is 3.64. The van der Waals surface area contributed by atoms with Crippen LogP contribution in [0.5, 0.6) is 0 Å². The Morgan fingerprint density at radius 2 is 2.27 bits per heavy atom. The monoisotopic (exact) mass is 193 g/mol. The molecule has 0 unspecified atom stereocenters. The SMILES string of the molecule is O=CNc1ccc(C(Cl)Cl)o1. The van der Waals surface area contributed by atoms with Gasteiger partial charge in [0.25, 0.3) is 0 Å². The number of anilines is 1. The molecular formula is C6H5Cl2NO2. The van der Waals surface area contributed by atoms with E-state index in [-0.39, 0.29) is 0 Å². The first kappa shape index (κ1) is 8.43. The van der Waals surface area contributed by atoms with Crippen molar-refractivity contribution >= 4 is 35.5 Å². The highest BCUT2D eigenvalue weighted by Gasteiger charge is 2.07. The quantitative estimate of drug-likeness (QED) is 0.592. The normalized spacial score (nSPS) is 10.1. The number of furan rings is 1. The van der Waals surface area contributed by atoms with E-state index >= 15 is 0 Å². The summed E-state index contributed by atoms with van der Waals surface area (Å²) in [6.45, 7) is 0. The molecule has 0 bridgehead atoms. The van der Waals surface area contributed by atoms with E-state index in [1.165, 1.54) is 0 Å². The molecular weight excluding hydrogens is 189 g/mol. The van der Waals surface area contributed by atoms with Crippen molar-refractivity contribution in [3.8, 4) is 0 Å². The molecule has 0 atom stereocenters. The summed E-state index contributed by atoms with van der Waals surface area (Å²) < 4.78 is 4.98. The molecule has 5 heteroatoms. The molecule has 1 heterocycles. The standard InChI is InChI=1S/C6H5Cl2NO2/c7-6(8)4-1-2-5(11-4)9-3-10/h1-3,6H,(H,9,10). The molecule has 1 rings (SSSR count). The first-order valence-electron chi connectivity index (χ1n) is 2.82. The second-order valence-electron chi connectivity index (χ2n) is 1.76. The number of halogens is 2. The van der Waals surface area contributed by atoms with Crippen LogP contribution in [-0.4, -0.2) is 6.41 Å². The van der Waals surface area contributed by atoms with Crippen molar-refractivity contribution in [2.75, 3.05) is 5.32 Å². The van der Waals surface area contributed by atoms with Gasteiger partial charge in [-0.15, -0.1) is 0 Å². The van der Waals surface area contributed by atoms with Gasteiger partial charge in [0, 0.05) is 6.07 Å². The van der Waals surface area contributed by atoms with Crippen LogP contribution in [0, 0.1) is 0 Å². The molecule has 1 N–H and O–H groups in total. The van der Waals surface area contributed by atoms with E-state index in [1.807, 2.05) is 0 Å². The third kappa shape index (κ3) is 2.13. The topological polar surface area (TPSA) is 42.2 Å². The van der Waals surface area contributed by atoms with Crippen LogP contribution in [0.25, 0.3) is 0 Å². The fourth-order valence-corrected chi connectivity index (χ4v) is 0.840. The average Bonchev–Trinajstić information content (AvgIpc) is 2.37. The van der Waals surface area contributed by atoms with Crippen molar-refractivity contribution in [1.29, 1.82) is 0 Å². The summed E-state index contributed by atoms with van der Waals surface area (Å²) in [5.74, 6) is 0.749. The lowest BCUT2D eigenvalue weighted by molar-refractivity contribution is -0.105. The molecule has 0 aliphatic rings. The zero-order chi connectivity index (χ0) is 8.27. The smallest absolute Gasteiger partial charge is 0.213 e. The number of nitrogens with one attached hydrogen (secondary N) is 1.